The Labute approximate surface area is 124 Å². The van der Waals surface area contributed by atoms with Crippen molar-refractivity contribution in [3.05, 3.63) is 47.3 Å². The van der Waals surface area contributed by atoms with E-state index in [2.05, 4.69) is 10.3 Å². The van der Waals surface area contributed by atoms with Crippen LogP contribution in [0.4, 0.5) is 11.4 Å². The Balaban J connectivity index is 2.14. The first-order chi connectivity index (χ1) is 10.0. The van der Waals surface area contributed by atoms with Crippen molar-refractivity contribution in [3.8, 4) is 5.75 Å². The van der Waals surface area contributed by atoms with Crippen LogP contribution in [-0.4, -0.2) is 29.3 Å². The van der Waals surface area contributed by atoms with Crippen molar-refractivity contribution in [2.24, 2.45) is 0 Å². The molecule has 0 saturated heterocycles. The van der Waals surface area contributed by atoms with E-state index >= 15 is 0 Å². The molecular formula is C16H21N3O2. The summed E-state index contributed by atoms with van der Waals surface area (Å²) in [5.74, 6) is 0.138. The van der Waals surface area contributed by atoms with Gasteiger partial charge in [-0.2, -0.15) is 0 Å². The number of aliphatic hydroxyl groups excluding tert-OH is 1. The van der Waals surface area contributed by atoms with Gasteiger partial charge in [0.15, 0.2) is 0 Å². The number of benzene rings is 1. The molecule has 3 N–H and O–H groups in total. The lowest BCUT2D eigenvalue weighted by Gasteiger charge is -2.15. The molecule has 0 radical (unpaired) electrons. The minimum absolute atomic E-state index is 0.138. The fraction of sp³-hybridized carbons (Fsp3) is 0.312. The highest BCUT2D eigenvalue weighted by atomic mass is 16.3. The predicted molar refractivity (Wildman–Crippen MR) is 84.7 cm³/mol. The summed E-state index contributed by atoms with van der Waals surface area (Å²) in [4.78, 5) is 6.09. The summed E-state index contributed by atoms with van der Waals surface area (Å²) in [6.45, 7) is 2.04. The Hall–Kier alpha value is -2.27. The molecule has 0 bridgehead atoms. The molecule has 1 heterocycles. The molecule has 5 heteroatoms. The Morgan fingerprint density at radius 2 is 1.86 bits per heavy atom. The fourth-order valence-corrected chi connectivity index (χ4v) is 2.09. The molecule has 1 aromatic carbocycles. The topological polar surface area (TPSA) is 68.6 Å². The zero-order valence-electron chi connectivity index (χ0n) is 12.6. The monoisotopic (exact) mass is 287 g/mol. The molecule has 0 spiro atoms. The smallest absolute Gasteiger partial charge is 0.142 e. The van der Waals surface area contributed by atoms with Crippen molar-refractivity contribution in [2.45, 2.75) is 20.1 Å². The molecule has 0 amide bonds. The van der Waals surface area contributed by atoms with Gasteiger partial charge in [0.25, 0.3) is 0 Å². The second-order valence-electron chi connectivity index (χ2n) is 5.15. The third-order valence-corrected chi connectivity index (χ3v) is 3.45. The average Bonchev–Trinajstić information content (AvgIpc) is 2.49. The SMILES string of the molecule is Cc1ncc(CO)c(CNc2ccc(N(C)C)cc2)c1O. The highest BCUT2D eigenvalue weighted by Gasteiger charge is 2.11. The van der Waals surface area contributed by atoms with Crippen LogP contribution in [0.25, 0.3) is 0 Å². The second-order valence-corrected chi connectivity index (χ2v) is 5.15. The predicted octanol–water partition coefficient (Wildman–Crippen LogP) is 2.27. The van der Waals surface area contributed by atoms with Gasteiger partial charge in [0, 0.05) is 49.3 Å². The molecule has 21 heavy (non-hydrogen) atoms. The lowest BCUT2D eigenvalue weighted by Crippen LogP contribution is -2.09. The number of pyridine rings is 1. The molecule has 0 aliphatic heterocycles. The van der Waals surface area contributed by atoms with Gasteiger partial charge in [0.05, 0.1) is 12.3 Å². The lowest BCUT2D eigenvalue weighted by atomic mass is 10.1. The molecule has 2 aromatic rings. The normalized spacial score (nSPS) is 10.5. The first-order valence-corrected chi connectivity index (χ1v) is 6.81. The highest BCUT2D eigenvalue weighted by Crippen LogP contribution is 2.25. The molecule has 5 nitrogen and oxygen atoms in total. The summed E-state index contributed by atoms with van der Waals surface area (Å²) < 4.78 is 0. The highest BCUT2D eigenvalue weighted by molar-refractivity contribution is 5.55. The van der Waals surface area contributed by atoms with E-state index in [9.17, 15) is 10.2 Å². The zero-order valence-corrected chi connectivity index (χ0v) is 12.6. The Morgan fingerprint density at radius 3 is 2.43 bits per heavy atom. The van der Waals surface area contributed by atoms with Crippen LogP contribution >= 0.6 is 0 Å². The number of nitrogens with zero attached hydrogens (tertiary/aromatic N) is 2. The summed E-state index contributed by atoms with van der Waals surface area (Å²) in [6, 6.07) is 8.01. The fourth-order valence-electron chi connectivity index (χ4n) is 2.09. The average molecular weight is 287 g/mol. The number of anilines is 2. The molecular weight excluding hydrogens is 266 g/mol. The third kappa shape index (κ3) is 3.44. The first-order valence-electron chi connectivity index (χ1n) is 6.81. The minimum Gasteiger partial charge on any atom is -0.506 e. The first kappa shape index (κ1) is 15.1. The van der Waals surface area contributed by atoms with Gasteiger partial charge < -0.3 is 20.4 Å². The van der Waals surface area contributed by atoms with Crippen LogP contribution in [0.1, 0.15) is 16.8 Å². The van der Waals surface area contributed by atoms with Crippen molar-refractivity contribution in [1.29, 1.82) is 0 Å². The van der Waals surface area contributed by atoms with Crippen LogP contribution in [0.2, 0.25) is 0 Å². The molecule has 0 fully saturated rings. The minimum atomic E-state index is -0.141. The van der Waals surface area contributed by atoms with Crippen LogP contribution in [0, 0.1) is 6.92 Å². The molecule has 0 unspecified atom stereocenters. The number of nitrogens with one attached hydrogen (secondary N) is 1. The van der Waals surface area contributed by atoms with E-state index in [1.165, 1.54) is 0 Å². The molecule has 1 aromatic heterocycles. The van der Waals surface area contributed by atoms with Crippen LogP contribution in [0.3, 0.4) is 0 Å². The Kier molecular flexibility index (Phi) is 4.65. The van der Waals surface area contributed by atoms with Crippen molar-refractivity contribution >= 4 is 11.4 Å². The molecule has 0 aliphatic rings. The summed E-state index contributed by atoms with van der Waals surface area (Å²) in [5.41, 5.74) is 3.96. The number of hydrogen-bond acceptors (Lipinski definition) is 5. The number of hydrogen-bond donors (Lipinski definition) is 3. The van der Waals surface area contributed by atoms with Crippen molar-refractivity contribution in [2.75, 3.05) is 24.3 Å². The molecule has 0 aliphatic carbocycles. The van der Waals surface area contributed by atoms with E-state index in [1.54, 1.807) is 13.1 Å². The van der Waals surface area contributed by atoms with Gasteiger partial charge in [-0.3, -0.25) is 4.98 Å². The number of aromatic nitrogens is 1. The van der Waals surface area contributed by atoms with Crippen molar-refractivity contribution in [1.82, 2.24) is 4.98 Å². The van der Waals surface area contributed by atoms with Crippen molar-refractivity contribution in [3.63, 3.8) is 0 Å². The van der Waals surface area contributed by atoms with Crippen LogP contribution in [-0.2, 0) is 13.2 Å². The number of rotatable bonds is 5. The van der Waals surface area contributed by atoms with Crippen LogP contribution in [0.5, 0.6) is 5.75 Å². The number of aromatic hydroxyl groups is 1. The van der Waals surface area contributed by atoms with E-state index in [0.717, 1.165) is 11.4 Å². The molecule has 112 valence electrons. The molecule has 2 rings (SSSR count). The van der Waals surface area contributed by atoms with Gasteiger partial charge >= 0.3 is 0 Å². The maximum Gasteiger partial charge on any atom is 0.142 e. The van der Waals surface area contributed by atoms with Gasteiger partial charge in [-0.1, -0.05) is 0 Å². The van der Waals surface area contributed by atoms with Gasteiger partial charge in [-0.05, 0) is 31.2 Å². The maximum atomic E-state index is 10.1. The quantitative estimate of drug-likeness (QED) is 0.787. The van der Waals surface area contributed by atoms with E-state index < -0.39 is 0 Å². The van der Waals surface area contributed by atoms with E-state index in [0.29, 0.717) is 23.4 Å². The third-order valence-electron chi connectivity index (χ3n) is 3.45. The largest absolute Gasteiger partial charge is 0.506 e. The van der Waals surface area contributed by atoms with Gasteiger partial charge in [0.2, 0.25) is 0 Å². The number of aliphatic hydroxyl groups is 1. The van der Waals surface area contributed by atoms with Crippen molar-refractivity contribution < 1.29 is 10.2 Å². The maximum absolute atomic E-state index is 10.1. The summed E-state index contributed by atoms with van der Waals surface area (Å²) >= 11 is 0. The Bertz CT molecular complexity index is 610. The van der Waals surface area contributed by atoms with Gasteiger partial charge in [-0.15, -0.1) is 0 Å². The lowest BCUT2D eigenvalue weighted by molar-refractivity contribution is 0.279. The summed E-state index contributed by atoms with van der Waals surface area (Å²) in [7, 11) is 3.99. The van der Waals surface area contributed by atoms with Gasteiger partial charge in [-0.25, -0.2) is 0 Å². The van der Waals surface area contributed by atoms with E-state index in [1.807, 2.05) is 43.3 Å². The zero-order chi connectivity index (χ0) is 15.4. The van der Waals surface area contributed by atoms with E-state index in [4.69, 9.17) is 0 Å². The molecule has 0 saturated carbocycles. The summed E-state index contributed by atoms with van der Waals surface area (Å²) in [5, 5.41) is 22.7. The van der Waals surface area contributed by atoms with Crippen LogP contribution < -0.4 is 10.2 Å². The van der Waals surface area contributed by atoms with Crippen LogP contribution in [0.15, 0.2) is 30.5 Å². The van der Waals surface area contributed by atoms with Gasteiger partial charge in [0.1, 0.15) is 5.75 Å². The standard InChI is InChI=1S/C16H21N3O2/c1-11-16(21)15(12(10-20)8-17-11)9-18-13-4-6-14(7-5-13)19(2)3/h4-8,18,20-21H,9-10H2,1-3H3. The number of aryl methyl sites for hydroxylation is 1. The summed E-state index contributed by atoms with van der Waals surface area (Å²) in [6.07, 6.45) is 1.60. The van der Waals surface area contributed by atoms with E-state index in [-0.39, 0.29) is 12.4 Å². The Morgan fingerprint density at radius 1 is 1.19 bits per heavy atom. The molecule has 0 atom stereocenters. The second kappa shape index (κ2) is 6.45.